The zero-order valence-corrected chi connectivity index (χ0v) is 11.8. The second-order valence-corrected chi connectivity index (χ2v) is 6.13. The number of carboxylic acids is 1. The van der Waals surface area contributed by atoms with Crippen LogP contribution in [0.25, 0.3) is 0 Å². The number of aliphatic carboxylic acids is 1. The normalized spacial score (nSPS) is 24.0. The van der Waals surface area contributed by atoms with Gasteiger partial charge in [-0.15, -0.1) is 0 Å². The summed E-state index contributed by atoms with van der Waals surface area (Å²) in [6, 6.07) is 0. The Bertz CT molecular complexity index is 368. The van der Waals surface area contributed by atoms with Gasteiger partial charge in [-0.25, -0.2) is 4.79 Å². The molecule has 0 bridgehead atoms. The van der Waals surface area contributed by atoms with E-state index < -0.39 is 11.6 Å². The van der Waals surface area contributed by atoms with Crippen LogP contribution in [0.2, 0.25) is 0 Å². The van der Waals surface area contributed by atoms with E-state index in [9.17, 15) is 9.59 Å². The van der Waals surface area contributed by atoms with Crippen LogP contribution >= 0.6 is 0 Å². The van der Waals surface area contributed by atoms with Crippen molar-refractivity contribution in [3.63, 3.8) is 0 Å². The number of likely N-dealkylation sites (tertiary alicyclic amines) is 1. The van der Waals surface area contributed by atoms with Crippen molar-refractivity contribution in [3.05, 3.63) is 0 Å². The molecule has 0 aromatic carbocycles. The topological polar surface area (TPSA) is 66.8 Å². The molecule has 1 aliphatic carbocycles. The maximum absolute atomic E-state index is 12.6. The maximum Gasteiger partial charge on any atom is 0.329 e. The minimum Gasteiger partial charge on any atom is -0.480 e. The van der Waals surface area contributed by atoms with Crippen LogP contribution in [0.5, 0.6) is 0 Å². The van der Waals surface area contributed by atoms with Crippen LogP contribution in [0.1, 0.15) is 46.0 Å². The highest BCUT2D eigenvalue weighted by Gasteiger charge is 2.49. The lowest BCUT2D eigenvalue weighted by atomic mass is 9.80. The molecule has 1 saturated carbocycles. The summed E-state index contributed by atoms with van der Waals surface area (Å²) in [6.07, 6.45) is 5.16. The molecule has 5 nitrogen and oxygen atoms in total. The number of ether oxygens (including phenoxy) is 1. The SMILES string of the molecule is CCC1(C(=O)N2CC(C)(OCC(=O)O)C2)CCCC1. The van der Waals surface area contributed by atoms with Gasteiger partial charge in [0, 0.05) is 5.41 Å². The van der Waals surface area contributed by atoms with E-state index in [0.717, 1.165) is 32.1 Å². The molecule has 5 heteroatoms. The molecule has 2 fully saturated rings. The van der Waals surface area contributed by atoms with Gasteiger partial charge in [0.25, 0.3) is 0 Å². The first-order valence-corrected chi connectivity index (χ1v) is 7.06. The van der Waals surface area contributed by atoms with Crippen LogP contribution in [0.3, 0.4) is 0 Å². The van der Waals surface area contributed by atoms with Crippen LogP contribution < -0.4 is 0 Å². The average Bonchev–Trinajstić information content (AvgIpc) is 2.82. The van der Waals surface area contributed by atoms with Crippen molar-refractivity contribution < 1.29 is 19.4 Å². The molecular formula is C14H23NO4. The minimum atomic E-state index is -0.966. The van der Waals surface area contributed by atoms with Crippen molar-refractivity contribution in [2.75, 3.05) is 19.7 Å². The number of carbonyl (C=O) groups is 2. The molecule has 2 rings (SSSR count). The summed E-state index contributed by atoms with van der Waals surface area (Å²) in [7, 11) is 0. The van der Waals surface area contributed by atoms with Gasteiger partial charge in [0.1, 0.15) is 12.2 Å². The van der Waals surface area contributed by atoms with Gasteiger partial charge in [-0.1, -0.05) is 19.8 Å². The van der Waals surface area contributed by atoms with Crippen LogP contribution in [0, 0.1) is 5.41 Å². The van der Waals surface area contributed by atoms with Gasteiger partial charge in [0.05, 0.1) is 13.1 Å². The molecule has 1 aliphatic heterocycles. The third-order valence-corrected chi connectivity index (χ3v) is 4.57. The van der Waals surface area contributed by atoms with Crippen molar-refractivity contribution in [2.45, 2.75) is 51.6 Å². The van der Waals surface area contributed by atoms with E-state index in [1.165, 1.54) is 0 Å². The number of nitrogens with zero attached hydrogens (tertiary/aromatic N) is 1. The molecule has 0 atom stereocenters. The molecule has 0 spiro atoms. The van der Waals surface area contributed by atoms with Crippen molar-refractivity contribution in [1.82, 2.24) is 4.90 Å². The van der Waals surface area contributed by atoms with Crippen LogP contribution in [-0.4, -0.2) is 47.2 Å². The monoisotopic (exact) mass is 269 g/mol. The molecule has 1 N–H and O–H groups in total. The van der Waals surface area contributed by atoms with Crippen LogP contribution in [0.4, 0.5) is 0 Å². The van der Waals surface area contributed by atoms with E-state index in [4.69, 9.17) is 9.84 Å². The first-order chi connectivity index (χ1) is 8.91. The third kappa shape index (κ3) is 2.76. The number of carbonyl (C=O) groups excluding carboxylic acids is 1. The molecule has 19 heavy (non-hydrogen) atoms. The highest BCUT2D eigenvalue weighted by Crippen LogP contribution is 2.44. The van der Waals surface area contributed by atoms with E-state index in [1.807, 2.05) is 11.8 Å². The van der Waals surface area contributed by atoms with Crippen molar-refractivity contribution >= 4 is 11.9 Å². The highest BCUT2D eigenvalue weighted by molar-refractivity contribution is 5.84. The Morgan fingerprint density at radius 2 is 1.84 bits per heavy atom. The molecule has 0 aromatic heterocycles. The van der Waals surface area contributed by atoms with Gasteiger partial charge >= 0.3 is 5.97 Å². The quantitative estimate of drug-likeness (QED) is 0.824. The van der Waals surface area contributed by atoms with Gasteiger partial charge in [-0.2, -0.15) is 0 Å². The van der Waals surface area contributed by atoms with Crippen molar-refractivity contribution in [3.8, 4) is 0 Å². The first-order valence-electron chi connectivity index (χ1n) is 7.06. The predicted molar refractivity (Wildman–Crippen MR) is 69.8 cm³/mol. The Morgan fingerprint density at radius 3 is 2.32 bits per heavy atom. The summed E-state index contributed by atoms with van der Waals surface area (Å²) in [5.74, 6) is -0.726. The number of amides is 1. The van der Waals surface area contributed by atoms with Crippen LogP contribution in [-0.2, 0) is 14.3 Å². The Hall–Kier alpha value is -1.10. The Morgan fingerprint density at radius 1 is 1.26 bits per heavy atom. The molecular weight excluding hydrogens is 246 g/mol. The van der Waals surface area contributed by atoms with E-state index in [1.54, 1.807) is 0 Å². The third-order valence-electron chi connectivity index (χ3n) is 4.57. The highest BCUT2D eigenvalue weighted by atomic mass is 16.5. The number of carboxylic acid groups (broad SMARTS) is 1. The van der Waals surface area contributed by atoms with Crippen LogP contribution in [0.15, 0.2) is 0 Å². The number of hydrogen-bond acceptors (Lipinski definition) is 3. The molecule has 1 saturated heterocycles. The summed E-state index contributed by atoms with van der Waals surface area (Å²) in [6.45, 7) is 4.69. The lowest BCUT2D eigenvalue weighted by Crippen LogP contribution is -2.65. The fourth-order valence-electron chi connectivity index (χ4n) is 3.34. The largest absolute Gasteiger partial charge is 0.480 e. The summed E-state index contributed by atoms with van der Waals surface area (Å²) < 4.78 is 5.34. The van der Waals surface area contributed by atoms with E-state index in [-0.39, 0.29) is 17.9 Å². The second kappa shape index (κ2) is 5.12. The van der Waals surface area contributed by atoms with Gasteiger partial charge in [0.2, 0.25) is 5.91 Å². The first kappa shape index (κ1) is 14.3. The smallest absolute Gasteiger partial charge is 0.329 e. The molecule has 1 heterocycles. The maximum atomic E-state index is 12.6. The molecule has 0 aromatic rings. The van der Waals surface area contributed by atoms with Gasteiger partial charge in [-0.3, -0.25) is 4.79 Å². The van der Waals surface area contributed by atoms with E-state index in [2.05, 4.69) is 6.92 Å². The number of hydrogen-bond donors (Lipinski definition) is 1. The number of rotatable bonds is 5. The predicted octanol–water partition coefficient (Wildman–Crippen LogP) is 1.66. The average molecular weight is 269 g/mol. The zero-order valence-electron chi connectivity index (χ0n) is 11.8. The standard InChI is InChI=1S/C14H23NO4/c1-3-14(6-4-5-7-14)12(18)15-9-13(2,10-15)19-8-11(16)17/h3-10H2,1-2H3,(H,16,17). The van der Waals surface area contributed by atoms with Gasteiger partial charge in [0.15, 0.2) is 0 Å². The fraction of sp³-hybridized carbons (Fsp3) is 0.857. The summed E-state index contributed by atoms with van der Waals surface area (Å²) >= 11 is 0. The lowest BCUT2D eigenvalue weighted by molar-refractivity contribution is -0.179. The Balaban J connectivity index is 1.89. The molecule has 0 radical (unpaired) electrons. The molecule has 2 aliphatic rings. The Kier molecular flexibility index (Phi) is 3.85. The molecule has 0 unspecified atom stereocenters. The van der Waals surface area contributed by atoms with Gasteiger partial charge < -0.3 is 14.7 Å². The summed E-state index contributed by atoms with van der Waals surface area (Å²) in [4.78, 5) is 24.9. The van der Waals surface area contributed by atoms with Crippen molar-refractivity contribution in [2.24, 2.45) is 5.41 Å². The fourth-order valence-corrected chi connectivity index (χ4v) is 3.34. The summed E-state index contributed by atoms with van der Waals surface area (Å²) in [5.41, 5.74) is -0.643. The minimum absolute atomic E-state index is 0.159. The second-order valence-electron chi connectivity index (χ2n) is 6.13. The van der Waals surface area contributed by atoms with Gasteiger partial charge in [-0.05, 0) is 26.2 Å². The van der Waals surface area contributed by atoms with Crippen molar-refractivity contribution in [1.29, 1.82) is 0 Å². The zero-order chi connectivity index (χ0) is 14.1. The Labute approximate surface area is 113 Å². The molecule has 1 amide bonds. The summed E-state index contributed by atoms with van der Waals surface area (Å²) in [5, 5.41) is 8.62. The van der Waals surface area contributed by atoms with E-state index in [0.29, 0.717) is 13.1 Å². The molecule has 108 valence electrons. The lowest BCUT2D eigenvalue weighted by Gasteiger charge is -2.50. The van der Waals surface area contributed by atoms with E-state index >= 15 is 0 Å².